The summed E-state index contributed by atoms with van der Waals surface area (Å²) < 4.78 is 8.75. The summed E-state index contributed by atoms with van der Waals surface area (Å²) in [5.74, 6) is 1.87. The Morgan fingerprint density at radius 1 is 0.365 bits per heavy atom. The minimum atomic E-state index is 0.608. The molecule has 0 N–H and O–H groups in total. The molecule has 0 fully saturated rings. The van der Waals surface area contributed by atoms with E-state index in [2.05, 4.69) is 133 Å². The summed E-state index contributed by atoms with van der Waals surface area (Å²) in [5, 5.41) is 9.13. The predicted octanol–water partition coefficient (Wildman–Crippen LogP) is 13.1. The molecule has 0 atom stereocenters. The van der Waals surface area contributed by atoms with Gasteiger partial charge in [-0.1, -0.05) is 133 Å². The summed E-state index contributed by atoms with van der Waals surface area (Å²) >= 11 is 1.79. The van der Waals surface area contributed by atoms with E-state index in [1.165, 1.54) is 42.1 Å². The van der Waals surface area contributed by atoms with Crippen molar-refractivity contribution in [2.45, 2.75) is 0 Å². The molecule has 242 valence electrons. The highest BCUT2D eigenvalue weighted by Crippen LogP contribution is 2.42. The van der Waals surface area contributed by atoms with Crippen molar-refractivity contribution in [2.24, 2.45) is 0 Å². The number of fused-ring (bicyclic) bond motifs is 9. The van der Waals surface area contributed by atoms with Crippen LogP contribution >= 0.6 is 11.3 Å². The molecule has 3 aromatic heterocycles. The third-order valence-corrected chi connectivity index (χ3v) is 11.3. The summed E-state index contributed by atoms with van der Waals surface area (Å²) in [5.41, 5.74) is 6.86. The van der Waals surface area contributed by atoms with Gasteiger partial charge in [0, 0.05) is 47.6 Å². The number of hydrogen-bond acceptors (Lipinski definition) is 5. The molecule has 0 saturated heterocycles. The van der Waals surface area contributed by atoms with E-state index in [4.69, 9.17) is 19.4 Å². The molecule has 0 radical (unpaired) electrons. The first-order valence-electron chi connectivity index (χ1n) is 17.4. The van der Waals surface area contributed by atoms with Crippen LogP contribution in [0.15, 0.2) is 168 Å². The van der Waals surface area contributed by atoms with Crippen LogP contribution in [0.4, 0.5) is 0 Å². The van der Waals surface area contributed by atoms with E-state index in [0.29, 0.717) is 17.5 Å². The predicted molar refractivity (Wildman–Crippen MR) is 217 cm³/mol. The van der Waals surface area contributed by atoms with Gasteiger partial charge in [-0.3, -0.25) is 0 Å². The van der Waals surface area contributed by atoms with Gasteiger partial charge in [0.1, 0.15) is 11.2 Å². The number of hydrogen-bond donors (Lipinski definition) is 0. The molecule has 4 nitrogen and oxygen atoms in total. The van der Waals surface area contributed by atoms with Gasteiger partial charge in [0.05, 0.1) is 0 Å². The van der Waals surface area contributed by atoms with Gasteiger partial charge in [-0.05, 0) is 63.0 Å². The number of furan rings is 1. The minimum absolute atomic E-state index is 0.608. The molecule has 3 heterocycles. The minimum Gasteiger partial charge on any atom is -0.456 e. The monoisotopic (exact) mass is 681 g/mol. The van der Waals surface area contributed by atoms with Crippen LogP contribution in [0, 0.1) is 0 Å². The van der Waals surface area contributed by atoms with Crippen molar-refractivity contribution in [3.63, 3.8) is 0 Å². The van der Waals surface area contributed by atoms with E-state index in [1.807, 2.05) is 30.3 Å². The van der Waals surface area contributed by atoms with Crippen molar-refractivity contribution >= 4 is 75.0 Å². The molecule has 0 amide bonds. The van der Waals surface area contributed by atoms with Crippen LogP contribution in [0.2, 0.25) is 0 Å². The van der Waals surface area contributed by atoms with E-state index < -0.39 is 0 Å². The molecule has 11 aromatic rings. The topological polar surface area (TPSA) is 51.8 Å². The second kappa shape index (κ2) is 11.4. The van der Waals surface area contributed by atoms with Crippen LogP contribution < -0.4 is 0 Å². The SMILES string of the molecule is c1ccc(-c2cccc3ccc4ccc(-c5nc(-c6cccc7oc8ccccc8c67)nc(-c6cccc7sc8ccccc8c67)n5)cc4c23)cc1. The molecule has 0 aliphatic heterocycles. The number of aromatic nitrogens is 3. The van der Waals surface area contributed by atoms with Gasteiger partial charge in [0.15, 0.2) is 17.5 Å². The maximum atomic E-state index is 6.31. The fourth-order valence-electron chi connectivity index (χ4n) is 7.77. The lowest BCUT2D eigenvalue weighted by molar-refractivity contribution is 0.669. The van der Waals surface area contributed by atoms with Crippen LogP contribution in [-0.4, -0.2) is 15.0 Å². The van der Waals surface area contributed by atoms with Crippen LogP contribution in [0.3, 0.4) is 0 Å². The fraction of sp³-hybridized carbons (Fsp3) is 0. The van der Waals surface area contributed by atoms with Crippen LogP contribution in [0.5, 0.6) is 0 Å². The highest BCUT2D eigenvalue weighted by Gasteiger charge is 2.20. The van der Waals surface area contributed by atoms with Crippen molar-refractivity contribution in [2.75, 3.05) is 0 Å². The van der Waals surface area contributed by atoms with Gasteiger partial charge in [-0.2, -0.15) is 0 Å². The van der Waals surface area contributed by atoms with E-state index in [9.17, 15) is 0 Å². The Bertz CT molecular complexity index is 3060. The zero-order valence-electron chi connectivity index (χ0n) is 27.7. The number of nitrogens with zero attached hydrogens (tertiary/aromatic N) is 3. The third kappa shape index (κ3) is 4.50. The lowest BCUT2D eigenvalue weighted by Crippen LogP contribution is -2.01. The van der Waals surface area contributed by atoms with Crippen molar-refractivity contribution in [3.8, 4) is 45.3 Å². The summed E-state index contributed by atoms with van der Waals surface area (Å²) in [4.78, 5) is 15.8. The Morgan fingerprint density at radius 3 is 1.88 bits per heavy atom. The molecule has 8 aromatic carbocycles. The lowest BCUT2D eigenvalue weighted by Gasteiger charge is -2.13. The Labute approximate surface area is 302 Å². The lowest BCUT2D eigenvalue weighted by atomic mass is 9.93. The highest BCUT2D eigenvalue weighted by molar-refractivity contribution is 7.25. The summed E-state index contributed by atoms with van der Waals surface area (Å²) in [6, 6.07) is 57.4. The van der Waals surface area contributed by atoms with Crippen LogP contribution in [0.1, 0.15) is 0 Å². The summed E-state index contributed by atoms with van der Waals surface area (Å²) in [6.07, 6.45) is 0. The van der Waals surface area contributed by atoms with Gasteiger partial charge in [0.2, 0.25) is 0 Å². The first-order chi connectivity index (χ1) is 25.8. The Kier molecular flexibility index (Phi) is 6.39. The average molecular weight is 682 g/mol. The van der Waals surface area contributed by atoms with Crippen molar-refractivity contribution in [1.29, 1.82) is 0 Å². The first-order valence-corrected chi connectivity index (χ1v) is 18.2. The zero-order chi connectivity index (χ0) is 34.2. The molecule has 0 spiro atoms. The first kappa shape index (κ1) is 29.1. The number of thiophene rings is 1. The van der Waals surface area contributed by atoms with Gasteiger partial charge in [-0.15, -0.1) is 11.3 Å². The Balaban J connectivity index is 1.21. The van der Waals surface area contributed by atoms with Crippen molar-refractivity contribution < 1.29 is 4.42 Å². The molecule has 0 aliphatic carbocycles. The van der Waals surface area contributed by atoms with E-state index in [1.54, 1.807) is 11.3 Å². The zero-order valence-corrected chi connectivity index (χ0v) is 28.6. The van der Waals surface area contributed by atoms with Crippen LogP contribution in [-0.2, 0) is 0 Å². The molecule has 0 bridgehead atoms. The molecule has 0 saturated carbocycles. The largest absolute Gasteiger partial charge is 0.456 e. The van der Waals surface area contributed by atoms with Gasteiger partial charge in [-0.25, -0.2) is 15.0 Å². The second-order valence-corrected chi connectivity index (χ2v) is 14.2. The number of benzene rings is 8. The highest BCUT2D eigenvalue weighted by atomic mass is 32.1. The molecule has 0 unspecified atom stereocenters. The van der Waals surface area contributed by atoms with E-state index >= 15 is 0 Å². The summed E-state index contributed by atoms with van der Waals surface area (Å²) in [6.45, 7) is 0. The second-order valence-electron chi connectivity index (χ2n) is 13.1. The van der Waals surface area contributed by atoms with Crippen LogP contribution in [0.25, 0.3) is 109 Å². The van der Waals surface area contributed by atoms with Crippen molar-refractivity contribution in [3.05, 3.63) is 164 Å². The maximum Gasteiger partial charge on any atom is 0.164 e. The number of rotatable bonds is 4. The van der Waals surface area contributed by atoms with E-state index in [0.717, 1.165) is 49.4 Å². The standard InChI is InChI=1S/C47H27N3OS/c1-2-11-28(12-3-1)32-16-8-13-30-25-23-29-24-26-31(27-37(29)42(30)32)45-48-46(35-17-9-20-39-43(35)33-14-4-6-19-38(33)51-39)50-47(49-45)36-18-10-22-41-44(36)34-15-5-7-21-40(34)52-41/h1-27H. The average Bonchev–Trinajstić information content (AvgIpc) is 3.79. The Hall–Kier alpha value is -6.69. The van der Waals surface area contributed by atoms with Crippen molar-refractivity contribution in [1.82, 2.24) is 15.0 Å². The molecular formula is C47H27N3OS. The summed E-state index contributed by atoms with van der Waals surface area (Å²) in [7, 11) is 0. The molecule has 11 rings (SSSR count). The molecule has 0 aliphatic rings. The van der Waals surface area contributed by atoms with Gasteiger partial charge < -0.3 is 4.42 Å². The molecular weight excluding hydrogens is 655 g/mol. The molecule has 5 heteroatoms. The fourth-order valence-corrected chi connectivity index (χ4v) is 8.90. The van der Waals surface area contributed by atoms with E-state index in [-0.39, 0.29) is 0 Å². The van der Waals surface area contributed by atoms with Gasteiger partial charge in [0.25, 0.3) is 0 Å². The maximum absolute atomic E-state index is 6.31. The number of para-hydroxylation sites is 1. The third-order valence-electron chi connectivity index (χ3n) is 10.1. The Morgan fingerprint density at radius 2 is 1.00 bits per heavy atom. The molecule has 52 heavy (non-hydrogen) atoms. The van der Waals surface area contributed by atoms with Gasteiger partial charge >= 0.3 is 0 Å². The quantitative estimate of drug-likeness (QED) is 0.174. The normalized spacial score (nSPS) is 11.8. The smallest absolute Gasteiger partial charge is 0.164 e.